The van der Waals surface area contributed by atoms with Crippen LogP contribution < -0.4 is 4.74 Å². The molecule has 0 saturated carbocycles. The highest BCUT2D eigenvalue weighted by Gasteiger charge is 2.27. The first-order chi connectivity index (χ1) is 17.3. The maximum absolute atomic E-state index is 14.1. The van der Waals surface area contributed by atoms with Crippen molar-refractivity contribution in [3.63, 3.8) is 0 Å². The summed E-state index contributed by atoms with van der Waals surface area (Å²) in [5.74, 6) is -2.12. The average molecular weight is 499 g/mol. The van der Waals surface area contributed by atoms with Crippen molar-refractivity contribution in [1.82, 2.24) is 9.55 Å². The van der Waals surface area contributed by atoms with Crippen molar-refractivity contribution >= 4 is 16.9 Å². The van der Waals surface area contributed by atoms with Crippen molar-refractivity contribution in [3.05, 3.63) is 61.4 Å². The lowest BCUT2D eigenvalue weighted by Gasteiger charge is -2.16. The maximum atomic E-state index is 14.1. The van der Waals surface area contributed by atoms with Gasteiger partial charge < -0.3 is 14.0 Å². The van der Waals surface area contributed by atoms with Gasteiger partial charge in [0.05, 0.1) is 24.4 Å². The predicted octanol–water partition coefficient (Wildman–Crippen LogP) is 7.44. The van der Waals surface area contributed by atoms with Crippen LogP contribution in [0.1, 0.15) is 52.4 Å². The normalized spacial score (nSPS) is 11.7. The van der Waals surface area contributed by atoms with Crippen molar-refractivity contribution in [2.75, 3.05) is 13.2 Å². The third-order valence-corrected chi connectivity index (χ3v) is 6.05. The minimum Gasteiger partial charge on any atom is -0.494 e. The maximum Gasteiger partial charge on any atom is 0.330 e. The zero-order valence-electron chi connectivity index (χ0n) is 21.2. The van der Waals surface area contributed by atoms with E-state index in [9.17, 15) is 13.6 Å². The number of hydrogen-bond donors (Lipinski definition) is 0. The summed E-state index contributed by atoms with van der Waals surface area (Å²) in [6.45, 7) is 8.78. The number of esters is 1. The summed E-state index contributed by atoms with van der Waals surface area (Å²) in [4.78, 5) is 15.3. The molecular weight excluding hydrogens is 462 g/mol. The molecule has 1 aromatic carbocycles. The van der Waals surface area contributed by atoms with E-state index in [1.165, 1.54) is 0 Å². The van der Waals surface area contributed by atoms with Crippen LogP contribution in [0, 0.1) is 5.92 Å². The molecule has 0 aliphatic heterocycles. The zero-order chi connectivity index (χ0) is 26.0. The highest BCUT2D eigenvalue weighted by atomic mass is 19.3. The molecule has 5 nitrogen and oxygen atoms in total. The van der Waals surface area contributed by atoms with Crippen LogP contribution in [-0.4, -0.2) is 34.7 Å². The van der Waals surface area contributed by atoms with Crippen LogP contribution in [0.25, 0.3) is 22.2 Å². The predicted molar refractivity (Wildman–Crippen MR) is 139 cm³/mol. The van der Waals surface area contributed by atoms with E-state index >= 15 is 0 Å². The first kappa shape index (κ1) is 27.4. The molecule has 0 saturated heterocycles. The van der Waals surface area contributed by atoms with Crippen LogP contribution in [0.5, 0.6) is 5.75 Å². The van der Waals surface area contributed by atoms with E-state index in [2.05, 4.69) is 42.1 Å². The summed E-state index contributed by atoms with van der Waals surface area (Å²) < 4.78 is 41.2. The Kier molecular flexibility index (Phi) is 10.0. The lowest BCUT2D eigenvalue weighted by atomic mass is 10.1. The first-order valence-electron chi connectivity index (χ1n) is 12.6. The number of halogens is 2. The third kappa shape index (κ3) is 8.18. The fraction of sp³-hybridized carbons (Fsp3) is 0.448. The van der Waals surface area contributed by atoms with Crippen molar-refractivity contribution in [3.8, 4) is 17.0 Å². The van der Waals surface area contributed by atoms with Gasteiger partial charge in [0.15, 0.2) is 0 Å². The molecule has 0 bridgehead atoms. The van der Waals surface area contributed by atoms with E-state index in [1.54, 1.807) is 6.20 Å². The average Bonchev–Trinajstić information content (AvgIpc) is 3.22. The van der Waals surface area contributed by atoms with Crippen molar-refractivity contribution < 1.29 is 23.0 Å². The summed E-state index contributed by atoms with van der Waals surface area (Å²) in [6, 6.07) is 12.1. The quantitative estimate of drug-likeness (QED) is 0.124. The van der Waals surface area contributed by atoms with Gasteiger partial charge in [0, 0.05) is 54.9 Å². The summed E-state index contributed by atoms with van der Waals surface area (Å²) >= 11 is 0. The molecule has 0 spiro atoms. The number of ether oxygens (including phenoxy) is 2. The molecule has 194 valence electrons. The van der Waals surface area contributed by atoms with Gasteiger partial charge in [-0.15, -0.1) is 0 Å². The summed E-state index contributed by atoms with van der Waals surface area (Å²) in [5, 5.41) is 1.11. The minimum absolute atomic E-state index is 0.0329. The first-order valence-corrected chi connectivity index (χ1v) is 12.6. The molecule has 0 unspecified atom stereocenters. The molecule has 0 aliphatic rings. The van der Waals surface area contributed by atoms with Gasteiger partial charge in [0.25, 0.3) is 0 Å². The van der Waals surface area contributed by atoms with Gasteiger partial charge in [0.2, 0.25) is 5.92 Å². The van der Waals surface area contributed by atoms with Gasteiger partial charge in [-0.05, 0) is 61.9 Å². The molecule has 2 heterocycles. The smallest absolute Gasteiger partial charge is 0.330 e. The molecule has 0 aliphatic carbocycles. The van der Waals surface area contributed by atoms with Crippen LogP contribution >= 0.6 is 0 Å². The highest BCUT2D eigenvalue weighted by Crippen LogP contribution is 2.32. The van der Waals surface area contributed by atoms with Crippen LogP contribution in [0.2, 0.25) is 0 Å². The molecule has 3 rings (SSSR count). The summed E-state index contributed by atoms with van der Waals surface area (Å²) in [6.07, 6.45) is 6.58. The largest absolute Gasteiger partial charge is 0.494 e. The summed E-state index contributed by atoms with van der Waals surface area (Å²) in [5.41, 5.74) is 3.23. The number of hydrogen-bond acceptors (Lipinski definition) is 4. The number of benzene rings is 1. The van der Waals surface area contributed by atoms with Crippen LogP contribution in [0.4, 0.5) is 8.78 Å². The number of rotatable bonds is 15. The van der Waals surface area contributed by atoms with E-state index in [1.807, 2.05) is 30.5 Å². The van der Waals surface area contributed by atoms with Crippen LogP contribution in [0.3, 0.4) is 0 Å². The Morgan fingerprint density at radius 1 is 1.14 bits per heavy atom. The van der Waals surface area contributed by atoms with Gasteiger partial charge in [0.1, 0.15) is 5.75 Å². The lowest BCUT2D eigenvalue weighted by molar-refractivity contribution is -0.138. The third-order valence-electron chi connectivity index (χ3n) is 6.05. The fourth-order valence-electron chi connectivity index (χ4n) is 4.18. The van der Waals surface area contributed by atoms with Gasteiger partial charge in [-0.3, -0.25) is 4.98 Å². The Balaban J connectivity index is 1.61. The Hall–Kier alpha value is -3.22. The molecule has 0 fully saturated rings. The number of pyridine rings is 1. The second-order valence-electron chi connectivity index (χ2n) is 9.46. The number of aromatic nitrogens is 2. The van der Waals surface area contributed by atoms with Gasteiger partial charge in [-0.1, -0.05) is 20.4 Å². The van der Waals surface area contributed by atoms with Crippen LogP contribution in [-0.2, 0) is 16.1 Å². The molecule has 3 aromatic rings. The Morgan fingerprint density at radius 2 is 1.92 bits per heavy atom. The van der Waals surface area contributed by atoms with E-state index in [0.717, 1.165) is 47.6 Å². The fourth-order valence-corrected chi connectivity index (χ4v) is 4.18. The molecule has 7 heteroatoms. The number of fused-ring (bicyclic) bond motifs is 1. The number of alkyl halides is 2. The topological polar surface area (TPSA) is 53.4 Å². The van der Waals surface area contributed by atoms with Gasteiger partial charge in [-0.2, -0.15) is 0 Å². The van der Waals surface area contributed by atoms with Gasteiger partial charge >= 0.3 is 5.97 Å². The standard InChI is InChI=1S/C29H36F2N2O3/c1-4-28(34)36-18-8-14-29(30,31)13-7-17-35-25-12-11-23-19-26(24-10-5-15-32-21-24)33(27(23)20-25)16-6-9-22(2)3/h4-5,10-12,15,19-22H,1,6-9,13-14,16-18H2,2-3H3. The van der Waals surface area contributed by atoms with Crippen molar-refractivity contribution in [2.24, 2.45) is 5.92 Å². The van der Waals surface area contributed by atoms with Gasteiger partial charge in [-0.25, -0.2) is 13.6 Å². The monoisotopic (exact) mass is 498 g/mol. The zero-order valence-corrected chi connectivity index (χ0v) is 21.2. The Bertz CT molecular complexity index is 1130. The second-order valence-corrected chi connectivity index (χ2v) is 9.46. The van der Waals surface area contributed by atoms with Crippen molar-refractivity contribution in [2.45, 2.75) is 64.8 Å². The second kappa shape index (κ2) is 13.2. The van der Waals surface area contributed by atoms with E-state index in [4.69, 9.17) is 9.47 Å². The molecule has 0 radical (unpaired) electrons. The molecule has 0 amide bonds. The van der Waals surface area contributed by atoms with Crippen molar-refractivity contribution in [1.29, 1.82) is 0 Å². The Morgan fingerprint density at radius 3 is 2.61 bits per heavy atom. The Labute approximate surface area is 212 Å². The van der Waals surface area contributed by atoms with Crippen LogP contribution in [0.15, 0.2) is 61.4 Å². The molecule has 2 aromatic heterocycles. The van der Waals surface area contributed by atoms with E-state index < -0.39 is 11.9 Å². The number of nitrogens with zero attached hydrogens (tertiary/aromatic N) is 2. The highest BCUT2D eigenvalue weighted by molar-refractivity contribution is 5.88. The molecular formula is C29H36F2N2O3. The SMILES string of the molecule is C=CC(=O)OCCCC(F)(F)CCCOc1ccc2cc(-c3cccnc3)n(CCCC(C)C)c2c1. The van der Waals surface area contributed by atoms with E-state index in [-0.39, 0.29) is 38.9 Å². The molecule has 0 N–H and O–H groups in total. The lowest BCUT2D eigenvalue weighted by Crippen LogP contribution is -2.18. The minimum atomic E-state index is -2.82. The number of carbonyl (C=O) groups excluding carboxylic acids is 1. The van der Waals surface area contributed by atoms with E-state index in [0.29, 0.717) is 11.7 Å². The number of aryl methyl sites for hydroxylation is 1. The molecule has 36 heavy (non-hydrogen) atoms. The summed E-state index contributed by atoms with van der Waals surface area (Å²) in [7, 11) is 0. The number of carbonyl (C=O) groups is 1. The molecule has 0 atom stereocenters.